The molecule has 10 heteroatoms. The van der Waals surface area contributed by atoms with Crippen molar-refractivity contribution in [1.82, 2.24) is 10.6 Å². The highest BCUT2D eigenvalue weighted by Crippen LogP contribution is 2.08. The van der Waals surface area contributed by atoms with Gasteiger partial charge in [-0.1, -0.05) is 45.4 Å². The van der Waals surface area contributed by atoms with Crippen molar-refractivity contribution in [3.63, 3.8) is 0 Å². The lowest BCUT2D eigenvalue weighted by atomic mass is 10.1. The molecule has 160 valence electrons. The fourth-order valence-corrected chi connectivity index (χ4v) is 2.59. The van der Waals surface area contributed by atoms with Crippen molar-refractivity contribution in [3.8, 4) is 0 Å². The second-order valence-electron chi connectivity index (χ2n) is 6.72. The normalized spacial score (nSPS) is 12.6. The number of nitrogens with one attached hydrogen (secondary N) is 2. The summed E-state index contributed by atoms with van der Waals surface area (Å²) in [6, 6.07) is -2.76. The molecule has 0 heterocycles. The molecule has 0 aliphatic heterocycles. The zero-order valence-corrected chi connectivity index (χ0v) is 16.4. The molecule has 0 aliphatic carbocycles. The van der Waals surface area contributed by atoms with Crippen molar-refractivity contribution in [2.24, 2.45) is 11.5 Å². The van der Waals surface area contributed by atoms with Gasteiger partial charge in [0, 0.05) is 6.42 Å². The zero-order chi connectivity index (χ0) is 21.5. The zero-order valence-electron chi connectivity index (χ0n) is 16.4. The van der Waals surface area contributed by atoms with Gasteiger partial charge in [-0.3, -0.25) is 24.0 Å². The Morgan fingerprint density at radius 3 is 1.89 bits per heavy atom. The van der Waals surface area contributed by atoms with Crippen LogP contribution in [-0.4, -0.2) is 46.8 Å². The van der Waals surface area contributed by atoms with E-state index in [0.717, 1.165) is 25.7 Å². The highest BCUT2D eigenvalue weighted by atomic mass is 16.4. The number of amides is 4. The second-order valence-corrected chi connectivity index (χ2v) is 6.72. The Morgan fingerprint density at radius 2 is 1.39 bits per heavy atom. The number of hydrogen-bond acceptors (Lipinski definition) is 5. The van der Waals surface area contributed by atoms with E-state index in [4.69, 9.17) is 16.6 Å². The first-order chi connectivity index (χ1) is 13.2. The summed E-state index contributed by atoms with van der Waals surface area (Å²) in [5, 5.41) is 13.3. The number of hydrogen-bond donors (Lipinski definition) is 5. The van der Waals surface area contributed by atoms with Crippen LogP contribution in [0.5, 0.6) is 0 Å². The largest absolute Gasteiger partial charge is 0.481 e. The lowest BCUT2D eigenvalue weighted by molar-refractivity contribution is -0.140. The van der Waals surface area contributed by atoms with Gasteiger partial charge in [0.15, 0.2) is 0 Å². The molecule has 4 amide bonds. The number of carbonyl (C=O) groups is 5. The fourth-order valence-electron chi connectivity index (χ4n) is 2.59. The van der Waals surface area contributed by atoms with E-state index in [9.17, 15) is 24.0 Å². The Balaban J connectivity index is 4.56. The Bertz CT molecular complexity index is 552. The highest BCUT2D eigenvalue weighted by Gasteiger charge is 2.28. The summed E-state index contributed by atoms with van der Waals surface area (Å²) in [5.41, 5.74) is 10.2. The van der Waals surface area contributed by atoms with Crippen molar-refractivity contribution in [3.05, 3.63) is 0 Å². The summed E-state index contributed by atoms with van der Waals surface area (Å²) in [6.07, 6.45) is 6.18. The third-order valence-electron chi connectivity index (χ3n) is 4.10. The molecule has 0 aromatic heterocycles. The molecule has 2 atom stereocenters. The number of carbonyl (C=O) groups excluding carboxylic acids is 4. The minimum atomic E-state index is -1.46. The molecule has 0 aliphatic rings. The van der Waals surface area contributed by atoms with E-state index in [1.54, 1.807) is 0 Å². The summed E-state index contributed by atoms with van der Waals surface area (Å²) in [5.74, 6) is -4.52. The van der Waals surface area contributed by atoms with Crippen molar-refractivity contribution < 1.29 is 29.1 Å². The minimum Gasteiger partial charge on any atom is -0.481 e. The summed E-state index contributed by atoms with van der Waals surface area (Å²) >= 11 is 0. The maximum atomic E-state index is 12.3. The van der Waals surface area contributed by atoms with Gasteiger partial charge in [-0.2, -0.15) is 0 Å². The van der Waals surface area contributed by atoms with Gasteiger partial charge in [-0.15, -0.1) is 0 Å². The first-order valence-electron chi connectivity index (χ1n) is 9.56. The van der Waals surface area contributed by atoms with Gasteiger partial charge < -0.3 is 27.2 Å². The molecular weight excluding hydrogens is 368 g/mol. The van der Waals surface area contributed by atoms with Gasteiger partial charge in [0.25, 0.3) is 0 Å². The molecule has 0 spiro atoms. The number of nitrogens with two attached hydrogens (primary N) is 2. The van der Waals surface area contributed by atoms with Gasteiger partial charge in [-0.05, 0) is 6.42 Å². The lowest BCUT2D eigenvalue weighted by Gasteiger charge is -2.20. The molecule has 28 heavy (non-hydrogen) atoms. The van der Waals surface area contributed by atoms with Crippen LogP contribution in [0.15, 0.2) is 0 Å². The molecule has 0 saturated carbocycles. The maximum Gasteiger partial charge on any atom is 0.305 e. The van der Waals surface area contributed by atoms with Crippen molar-refractivity contribution in [1.29, 1.82) is 0 Å². The van der Waals surface area contributed by atoms with Crippen LogP contribution in [0.1, 0.15) is 71.1 Å². The van der Waals surface area contributed by atoms with Crippen LogP contribution in [0.3, 0.4) is 0 Å². The lowest BCUT2D eigenvalue weighted by Crippen LogP contribution is -2.54. The number of carboxylic acids is 1. The van der Waals surface area contributed by atoms with Crippen molar-refractivity contribution >= 4 is 29.6 Å². The van der Waals surface area contributed by atoms with E-state index >= 15 is 0 Å². The first kappa shape index (κ1) is 25.4. The molecule has 7 N–H and O–H groups in total. The van der Waals surface area contributed by atoms with E-state index in [2.05, 4.69) is 17.6 Å². The van der Waals surface area contributed by atoms with Crippen LogP contribution in [0.2, 0.25) is 0 Å². The third kappa shape index (κ3) is 12.7. The van der Waals surface area contributed by atoms with E-state index in [1.165, 1.54) is 12.8 Å². The van der Waals surface area contributed by atoms with Gasteiger partial charge in [0.1, 0.15) is 12.1 Å². The first-order valence-corrected chi connectivity index (χ1v) is 9.56. The molecule has 0 aromatic rings. The number of rotatable bonds is 16. The average Bonchev–Trinajstić information content (AvgIpc) is 2.58. The molecule has 0 rings (SSSR count). The topological polar surface area (TPSA) is 182 Å². The summed E-state index contributed by atoms with van der Waals surface area (Å²) in [7, 11) is 0. The summed E-state index contributed by atoms with van der Waals surface area (Å²) in [4.78, 5) is 57.5. The SMILES string of the molecule is CCCCCCCCCC(=O)NC(CC(N)=O)C(=O)NC(CC(=O)O)C(N)=O. The van der Waals surface area contributed by atoms with Crippen LogP contribution >= 0.6 is 0 Å². The quantitative estimate of drug-likeness (QED) is 0.226. The van der Waals surface area contributed by atoms with Gasteiger partial charge in [0.2, 0.25) is 23.6 Å². The van der Waals surface area contributed by atoms with Crippen molar-refractivity contribution in [2.75, 3.05) is 0 Å². The average molecular weight is 400 g/mol. The van der Waals surface area contributed by atoms with Crippen LogP contribution in [-0.2, 0) is 24.0 Å². The molecular formula is C18H32N4O6. The van der Waals surface area contributed by atoms with Crippen molar-refractivity contribution in [2.45, 2.75) is 83.2 Å². The second kappa shape index (κ2) is 14.4. The number of unbranched alkanes of at least 4 members (excludes halogenated alkanes) is 6. The van der Waals surface area contributed by atoms with E-state index in [-0.39, 0.29) is 6.42 Å². The van der Waals surface area contributed by atoms with Crippen LogP contribution in [0.25, 0.3) is 0 Å². The predicted molar refractivity (Wildman–Crippen MR) is 102 cm³/mol. The fraction of sp³-hybridized carbons (Fsp3) is 0.722. The summed E-state index contributed by atoms with van der Waals surface area (Å²) in [6.45, 7) is 2.14. The van der Waals surface area contributed by atoms with E-state index in [1.807, 2.05) is 0 Å². The molecule has 0 radical (unpaired) electrons. The predicted octanol–water partition coefficient (Wildman–Crippen LogP) is -0.0679. The van der Waals surface area contributed by atoms with Gasteiger partial charge >= 0.3 is 5.97 Å². The Kier molecular flexibility index (Phi) is 13.0. The molecule has 10 nitrogen and oxygen atoms in total. The standard InChI is InChI=1S/C18H32N4O6/c1-2-3-4-5-6-7-8-9-15(24)21-13(10-14(19)23)18(28)22-12(17(20)27)11-16(25)26/h12-13H,2-11H2,1H3,(H2,19,23)(H2,20,27)(H,21,24)(H,22,28)(H,25,26). The number of primary amides is 2. The Morgan fingerprint density at radius 1 is 0.821 bits per heavy atom. The Labute approximate surface area is 164 Å². The van der Waals surface area contributed by atoms with Crippen LogP contribution in [0.4, 0.5) is 0 Å². The molecule has 0 fully saturated rings. The van der Waals surface area contributed by atoms with Crippen LogP contribution in [0, 0.1) is 0 Å². The smallest absolute Gasteiger partial charge is 0.305 e. The number of aliphatic carboxylic acids is 1. The molecule has 0 saturated heterocycles. The molecule has 0 bridgehead atoms. The Hall–Kier alpha value is -2.65. The maximum absolute atomic E-state index is 12.3. The summed E-state index contributed by atoms with van der Waals surface area (Å²) < 4.78 is 0. The third-order valence-corrected chi connectivity index (χ3v) is 4.10. The molecule has 0 aromatic carbocycles. The van der Waals surface area contributed by atoms with Crippen LogP contribution < -0.4 is 22.1 Å². The number of carboxylic acid groups (broad SMARTS) is 1. The van der Waals surface area contributed by atoms with Gasteiger partial charge in [-0.25, -0.2) is 0 Å². The minimum absolute atomic E-state index is 0.185. The van der Waals surface area contributed by atoms with Gasteiger partial charge in [0.05, 0.1) is 12.8 Å². The van der Waals surface area contributed by atoms with E-state index in [0.29, 0.717) is 6.42 Å². The molecule has 2 unspecified atom stereocenters. The highest BCUT2D eigenvalue weighted by molar-refractivity contribution is 5.95. The monoisotopic (exact) mass is 400 g/mol. The van der Waals surface area contributed by atoms with E-state index < -0.39 is 54.5 Å².